The number of ether oxygens (including phenoxy) is 1. The number of thiazole rings is 1. The molecule has 0 aliphatic heterocycles. The van der Waals surface area contributed by atoms with Crippen molar-refractivity contribution < 1.29 is 9.53 Å². The van der Waals surface area contributed by atoms with Crippen LogP contribution in [-0.2, 0) is 4.79 Å². The number of unbranched alkanes of at least 4 members (excludes halogenated alkanes) is 10. The molecule has 1 aromatic heterocycles. The van der Waals surface area contributed by atoms with Gasteiger partial charge in [-0.15, -0.1) is 11.3 Å². The number of carbonyl (C=O) groups excluding carboxylic acids is 1. The number of thioether (sulfide) groups is 1. The van der Waals surface area contributed by atoms with Gasteiger partial charge in [-0.25, -0.2) is 4.98 Å². The van der Waals surface area contributed by atoms with Crippen molar-refractivity contribution in [3.8, 4) is 5.75 Å². The fourth-order valence-electron chi connectivity index (χ4n) is 3.96. The van der Waals surface area contributed by atoms with Crippen LogP contribution in [0.15, 0.2) is 22.5 Å². The third kappa shape index (κ3) is 9.95. The number of hydrogen-bond donors (Lipinski definition) is 0. The molecule has 1 heterocycles. The molecule has 0 amide bonds. The maximum absolute atomic E-state index is 13.0. The van der Waals surface area contributed by atoms with E-state index in [9.17, 15) is 4.79 Å². The van der Waals surface area contributed by atoms with E-state index in [1.165, 1.54) is 64.2 Å². The molecule has 2 aromatic rings. The number of benzene rings is 1. The van der Waals surface area contributed by atoms with E-state index in [2.05, 4.69) is 18.8 Å². The zero-order valence-electron chi connectivity index (χ0n) is 19.8. The van der Waals surface area contributed by atoms with Gasteiger partial charge < -0.3 is 4.74 Å². The summed E-state index contributed by atoms with van der Waals surface area (Å²) in [7, 11) is 0. The molecule has 1 atom stereocenters. The van der Waals surface area contributed by atoms with Crippen LogP contribution < -0.4 is 4.74 Å². The molecule has 0 bridgehead atoms. The summed E-state index contributed by atoms with van der Waals surface area (Å²) in [6, 6.07) is 5.84. The average Bonchev–Trinajstić information content (AvgIpc) is 3.19. The zero-order valence-corrected chi connectivity index (χ0v) is 21.4. The lowest BCUT2D eigenvalue weighted by Crippen LogP contribution is -2.20. The number of esters is 1. The zero-order chi connectivity index (χ0) is 22.3. The molecule has 1 aromatic carbocycles. The third-order valence-electron chi connectivity index (χ3n) is 5.88. The van der Waals surface area contributed by atoms with Gasteiger partial charge >= 0.3 is 5.97 Å². The van der Waals surface area contributed by atoms with Crippen LogP contribution in [0.4, 0.5) is 0 Å². The standard InChI is InChI=1S/C26H41NO2S2/c1-4-6-8-10-11-13-15-17-21(16-14-12-9-7-5-2)25(28)29-22-18-19-24-23(20-22)27-26(30-3)31-24/h18-21H,4-17H2,1-3H3. The molecule has 31 heavy (non-hydrogen) atoms. The first-order chi connectivity index (χ1) is 15.2. The van der Waals surface area contributed by atoms with Gasteiger partial charge in [-0.2, -0.15) is 0 Å². The van der Waals surface area contributed by atoms with Gasteiger partial charge in [0, 0.05) is 6.07 Å². The normalized spacial score (nSPS) is 12.4. The highest BCUT2D eigenvalue weighted by atomic mass is 32.2. The van der Waals surface area contributed by atoms with Gasteiger partial charge in [0.25, 0.3) is 0 Å². The number of aromatic nitrogens is 1. The maximum atomic E-state index is 13.0. The number of nitrogens with zero attached hydrogens (tertiary/aromatic N) is 1. The highest BCUT2D eigenvalue weighted by molar-refractivity contribution is 8.00. The highest BCUT2D eigenvalue weighted by Crippen LogP contribution is 2.31. The molecule has 1 unspecified atom stereocenters. The van der Waals surface area contributed by atoms with Crippen LogP contribution in [0.2, 0.25) is 0 Å². The summed E-state index contributed by atoms with van der Waals surface area (Å²) in [5, 5.41) is 0. The lowest BCUT2D eigenvalue weighted by Gasteiger charge is -2.16. The molecule has 0 saturated heterocycles. The van der Waals surface area contributed by atoms with E-state index in [1.807, 2.05) is 24.5 Å². The Morgan fingerprint density at radius 2 is 1.52 bits per heavy atom. The monoisotopic (exact) mass is 463 g/mol. The van der Waals surface area contributed by atoms with Crippen LogP contribution in [0.5, 0.6) is 5.75 Å². The predicted octanol–water partition coefficient (Wildman–Crippen LogP) is 9.04. The first-order valence-electron chi connectivity index (χ1n) is 12.3. The SMILES string of the molecule is CCCCCCCCCC(CCCCCCC)C(=O)Oc1ccc2sc(SC)nc2c1. The van der Waals surface area contributed by atoms with Crippen LogP contribution in [-0.4, -0.2) is 17.2 Å². The van der Waals surface area contributed by atoms with Crippen molar-refractivity contribution in [1.29, 1.82) is 0 Å². The fraction of sp³-hybridized carbons (Fsp3) is 0.692. The van der Waals surface area contributed by atoms with E-state index in [1.54, 1.807) is 23.1 Å². The van der Waals surface area contributed by atoms with Crippen LogP contribution >= 0.6 is 23.1 Å². The topological polar surface area (TPSA) is 39.2 Å². The number of fused-ring (bicyclic) bond motifs is 1. The average molecular weight is 464 g/mol. The molecule has 0 saturated carbocycles. The van der Waals surface area contributed by atoms with Gasteiger partial charge in [-0.3, -0.25) is 4.79 Å². The van der Waals surface area contributed by atoms with E-state index in [4.69, 9.17) is 4.74 Å². The van der Waals surface area contributed by atoms with Crippen molar-refractivity contribution in [1.82, 2.24) is 4.98 Å². The van der Waals surface area contributed by atoms with Gasteiger partial charge in [0.1, 0.15) is 5.75 Å². The summed E-state index contributed by atoms with van der Waals surface area (Å²) in [5.41, 5.74) is 0.919. The van der Waals surface area contributed by atoms with Gasteiger partial charge in [-0.1, -0.05) is 103 Å². The Morgan fingerprint density at radius 1 is 0.935 bits per heavy atom. The second-order valence-corrected chi connectivity index (χ2v) is 10.6. The first kappa shape index (κ1) is 26.2. The van der Waals surface area contributed by atoms with E-state index < -0.39 is 0 Å². The van der Waals surface area contributed by atoms with Gasteiger partial charge in [0.15, 0.2) is 4.34 Å². The Labute approximate surface area is 197 Å². The Bertz CT molecular complexity index is 759. The lowest BCUT2D eigenvalue weighted by atomic mass is 9.94. The van der Waals surface area contributed by atoms with E-state index in [0.29, 0.717) is 5.75 Å². The maximum Gasteiger partial charge on any atom is 0.314 e. The molecule has 174 valence electrons. The molecule has 0 radical (unpaired) electrons. The molecule has 5 heteroatoms. The molecular weight excluding hydrogens is 422 g/mol. The predicted molar refractivity (Wildman–Crippen MR) is 137 cm³/mol. The van der Waals surface area contributed by atoms with Crippen molar-refractivity contribution in [2.45, 2.75) is 108 Å². The molecule has 3 nitrogen and oxygen atoms in total. The minimum absolute atomic E-state index is 0.0187. The van der Waals surface area contributed by atoms with Crippen LogP contribution in [0.1, 0.15) is 104 Å². The minimum Gasteiger partial charge on any atom is -0.426 e. The Kier molecular flexibility index (Phi) is 13.2. The van der Waals surface area contributed by atoms with Crippen LogP contribution in [0.25, 0.3) is 10.2 Å². The smallest absolute Gasteiger partial charge is 0.314 e. The quantitative estimate of drug-likeness (QED) is 0.101. The number of carbonyl (C=O) groups is 1. The Balaban J connectivity index is 1.87. The summed E-state index contributed by atoms with van der Waals surface area (Å²) in [4.78, 5) is 17.6. The molecule has 0 N–H and O–H groups in total. The molecular formula is C26H41NO2S2. The van der Waals surface area contributed by atoms with Gasteiger partial charge in [0.2, 0.25) is 0 Å². The largest absolute Gasteiger partial charge is 0.426 e. The van der Waals surface area contributed by atoms with E-state index >= 15 is 0 Å². The highest BCUT2D eigenvalue weighted by Gasteiger charge is 2.20. The first-order valence-corrected chi connectivity index (χ1v) is 14.4. The molecule has 0 spiro atoms. The van der Waals surface area contributed by atoms with Crippen molar-refractivity contribution in [2.75, 3.05) is 6.26 Å². The van der Waals surface area contributed by atoms with E-state index in [-0.39, 0.29) is 11.9 Å². The fourth-order valence-corrected chi connectivity index (χ4v) is 5.43. The van der Waals surface area contributed by atoms with Crippen LogP contribution in [0, 0.1) is 5.92 Å². The Hall–Kier alpha value is -1.07. The minimum atomic E-state index is -0.0545. The summed E-state index contributed by atoms with van der Waals surface area (Å²) in [6.45, 7) is 4.49. The third-order valence-corrected chi connectivity index (χ3v) is 7.90. The van der Waals surface area contributed by atoms with Gasteiger partial charge in [0.05, 0.1) is 16.1 Å². The molecule has 0 aliphatic rings. The van der Waals surface area contributed by atoms with Crippen molar-refractivity contribution in [2.24, 2.45) is 5.92 Å². The lowest BCUT2D eigenvalue weighted by molar-refractivity contribution is -0.139. The molecule has 2 rings (SSSR count). The Morgan fingerprint density at radius 3 is 2.10 bits per heavy atom. The van der Waals surface area contributed by atoms with Crippen molar-refractivity contribution in [3.05, 3.63) is 18.2 Å². The van der Waals surface area contributed by atoms with Crippen LogP contribution in [0.3, 0.4) is 0 Å². The molecule has 0 fully saturated rings. The summed E-state index contributed by atoms with van der Waals surface area (Å²) in [6.07, 6.45) is 19.0. The van der Waals surface area contributed by atoms with Crippen molar-refractivity contribution >= 4 is 39.3 Å². The van der Waals surface area contributed by atoms with Gasteiger partial charge in [-0.05, 0) is 31.2 Å². The van der Waals surface area contributed by atoms with E-state index in [0.717, 1.165) is 40.2 Å². The number of hydrogen-bond acceptors (Lipinski definition) is 5. The van der Waals surface area contributed by atoms with Crippen molar-refractivity contribution in [3.63, 3.8) is 0 Å². The molecule has 0 aliphatic carbocycles. The summed E-state index contributed by atoms with van der Waals surface area (Å²) in [5.74, 6) is 0.595. The number of rotatable bonds is 17. The second-order valence-electron chi connectivity index (χ2n) is 8.54. The summed E-state index contributed by atoms with van der Waals surface area (Å²) >= 11 is 3.33. The summed E-state index contributed by atoms with van der Waals surface area (Å²) < 4.78 is 8.02. The second kappa shape index (κ2) is 15.7.